The van der Waals surface area contributed by atoms with Crippen LogP contribution in [0.15, 0.2) is 58.1 Å². The van der Waals surface area contributed by atoms with Crippen LogP contribution in [0.3, 0.4) is 0 Å². The minimum Gasteiger partial charge on any atom is -0.481 e. The van der Waals surface area contributed by atoms with Crippen LogP contribution in [-0.2, 0) is 4.79 Å². The third kappa shape index (κ3) is 6.28. The zero-order valence-electron chi connectivity index (χ0n) is 13.5. The SMILES string of the molecule is C[C@H](Oc1cccc(Br)c1)C(=O)N/N=C\c1ccc(OCC#N)cc1. The molecule has 6 nitrogen and oxygen atoms in total. The monoisotopic (exact) mass is 401 g/mol. The quantitative estimate of drug-likeness (QED) is 0.569. The van der Waals surface area contributed by atoms with E-state index in [9.17, 15) is 4.79 Å². The first-order valence-electron chi connectivity index (χ1n) is 7.43. The number of rotatable bonds is 7. The second kappa shape index (κ2) is 9.45. The van der Waals surface area contributed by atoms with Crippen LogP contribution < -0.4 is 14.9 Å². The fraction of sp³-hybridized carbons (Fsp3) is 0.167. The van der Waals surface area contributed by atoms with Gasteiger partial charge in [-0.3, -0.25) is 4.79 Å². The molecular formula is C18H16BrN3O3. The summed E-state index contributed by atoms with van der Waals surface area (Å²) < 4.78 is 11.6. The average Bonchev–Trinajstić information content (AvgIpc) is 2.61. The van der Waals surface area contributed by atoms with E-state index >= 15 is 0 Å². The van der Waals surface area contributed by atoms with Crippen molar-refractivity contribution in [2.24, 2.45) is 5.10 Å². The molecule has 0 saturated heterocycles. The molecule has 1 atom stereocenters. The van der Waals surface area contributed by atoms with Crippen LogP contribution in [0.2, 0.25) is 0 Å². The van der Waals surface area contributed by atoms with Gasteiger partial charge >= 0.3 is 0 Å². The highest BCUT2D eigenvalue weighted by Gasteiger charge is 2.13. The van der Waals surface area contributed by atoms with Crippen LogP contribution in [0.25, 0.3) is 0 Å². The third-order valence-electron chi connectivity index (χ3n) is 3.05. The van der Waals surface area contributed by atoms with Gasteiger partial charge in [-0.25, -0.2) is 5.43 Å². The number of amides is 1. The van der Waals surface area contributed by atoms with Gasteiger partial charge in [-0.05, 0) is 55.0 Å². The number of carbonyl (C=O) groups is 1. The molecular weight excluding hydrogens is 386 g/mol. The van der Waals surface area contributed by atoms with Gasteiger partial charge in [-0.2, -0.15) is 10.4 Å². The Morgan fingerprint density at radius 2 is 2.08 bits per heavy atom. The number of nitrogens with zero attached hydrogens (tertiary/aromatic N) is 2. The highest BCUT2D eigenvalue weighted by atomic mass is 79.9. The van der Waals surface area contributed by atoms with Crippen LogP contribution >= 0.6 is 15.9 Å². The van der Waals surface area contributed by atoms with Gasteiger partial charge in [0.25, 0.3) is 5.91 Å². The molecule has 0 heterocycles. The van der Waals surface area contributed by atoms with E-state index in [1.807, 2.05) is 18.2 Å². The Labute approximate surface area is 154 Å². The van der Waals surface area contributed by atoms with E-state index in [1.165, 1.54) is 6.21 Å². The molecule has 0 aliphatic carbocycles. The Balaban J connectivity index is 1.84. The topological polar surface area (TPSA) is 83.7 Å². The molecule has 0 unspecified atom stereocenters. The summed E-state index contributed by atoms with van der Waals surface area (Å²) in [5.74, 6) is 0.831. The number of hydrazone groups is 1. The van der Waals surface area contributed by atoms with Crippen LogP contribution in [0.4, 0.5) is 0 Å². The van der Waals surface area contributed by atoms with Crippen LogP contribution in [-0.4, -0.2) is 24.8 Å². The number of hydrogen-bond donors (Lipinski definition) is 1. The molecule has 0 bridgehead atoms. The molecule has 2 aromatic rings. The van der Waals surface area contributed by atoms with E-state index in [0.717, 1.165) is 10.0 Å². The summed E-state index contributed by atoms with van der Waals surface area (Å²) in [5.41, 5.74) is 3.22. The third-order valence-corrected chi connectivity index (χ3v) is 3.54. The molecule has 1 amide bonds. The number of benzene rings is 2. The second-order valence-electron chi connectivity index (χ2n) is 4.97. The van der Waals surface area contributed by atoms with Crippen molar-refractivity contribution >= 4 is 28.1 Å². The lowest BCUT2D eigenvalue weighted by Gasteiger charge is -2.12. The maximum Gasteiger partial charge on any atom is 0.280 e. The van der Waals surface area contributed by atoms with Crippen LogP contribution in [0.5, 0.6) is 11.5 Å². The molecule has 2 aromatic carbocycles. The lowest BCUT2D eigenvalue weighted by molar-refractivity contribution is -0.127. The molecule has 7 heteroatoms. The Bertz CT molecular complexity index is 785. The lowest BCUT2D eigenvalue weighted by Crippen LogP contribution is -2.33. The van der Waals surface area contributed by atoms with Crippen molar-refractivity contribution in [2.45, 2.75) is 13.0 Å². The van der Waals surface area contributed by atoms with Crippen molar-refractivity contribution < 1.29 is 14.3 Å². The van der Waals surface area contributed by atoms with E-state index in [-0.39, 0.29) is 12.5 Å². The summed E-state index contributed by atoms with van der Waals surface area (Å²) >= 11 is 3.35. The summed E-state index contributed by atoms with van der Waals surface area (Å²) in [7, 11) is 0. The number of ether oxygens (including phenoxy) is 2. The van der Waals surface area contributed by atoms with Crippen LogP contribution in [0.1, 0.15) is 12.5 Å². The van der Waals surface area contributed by atoms with Crippen molar-refractivity contribution in [3.63, 3.8) is 0 Å². The number of carbonyl (C=O) groups excluding carboxylic acids is 1. The Morgan fingerprint density at radius 3 is 2.76 bits per heavy atom. The van der Waals surface area contributed by atoms with E-state index in [0.29, 0.717) is 11.5 Å². The molecule has 0 aromatic heterocycles. The van der Waals surface area contributed by atoms with Gasteiger partial charge in [0.2, 0.25) is 0 Å². The van der Waals surface area contributed by atoms with Gasteiger partial charge in [-0.1, -0.05) is 22.0 Å². The number of hydrogen-bond acceptors (Lipinski definition) is 5. The van der Waals surface area contributed by atoms with E-state index in [4.69, 9.17) is 14.7 Å². The first-order valence-corrected chi connectivity index (χ1v) is 8.23. The summed E-state index contributed by atoms with van der Waals surface area (Å²) in [6.45, 7) is 1.65. The van der Waals surface area contributed by atoms with Crippen molar-refractivity contribution in [2.75, 3.05) is 6.61 Å². The molecule has 1 N–H and O–H groups in total. The fourth-order valence-electron chi connectivity index (χ4n) is 1.83. The minimum absolute atomic E-state index is 0.000627. The van der Waals surface area contributed by atoms with Gasteiger partial charge in [0, 0.05) is 4.47 Å². The predicted molar refractivity (Wildman–Crippen MR) is 97.5 cm³/mol. The predicted octanol–water partition coefficient (Wildman–Crippen LogP) is 3.27. The first-order chi connectivity index (χ1) is 12.1. The smallest absolute Gasteiger partial charge is 0.280 e. The second-order valence-corrected chi connectivity index (χ2v) is 5.88. The maximum absolute atomic E-state index is 12.0. The molecule has 0 saturated carbocycles. The minimum atomic E-state index is -0.687. The summed E-state index contributed by atoms with van der Waals surface area (Å²) in [4.78, 5) is 12.0. The molecule has 0 fully saturated rings. The highest BCUT2D eigenvalue weighted by molar-refractivity contribution is 9.10. The normalized spacial score (nSPS) is 11.6. The van der Waals surface area contributed by atoms with E-state index in [2.05, 4.69) is 26.5 Å². The summed E-state index contributed by atoms with van der Waals surface area (Å²) in [6.07, 6.45) is 0.825. The summed E-state index contributed by atoms with van der Waals surface area (Å²) in [6, 6.07) is 16.1. The van der Waals surface area contributed by atoms with E-state index in [1.54, 1.807) is 43.3 Å². The molecule has 0 radical (unpaired) electrons. The fourth-order valence-corrected chi connectivity index (χ4v) is 2.20. The zero-order valence-corrected chi connectivity index (χ0v) is 15.1. The van der Waals surface area contributed by atoms with Crippen molar-refractivity contribution in [3.05, 3.63) is 58.6 Å². The number of nitrogens with one attached hydrogen (secondary N) is 1. The van der Waals surface area contributed by atoms with E-state index < -0.39 is 6.10 Å². The molecule has 128 valence electrons. The highest BCUT2D eigenvalue weighted by Crippen LogP contribution is 2.18. The summed E-state index contributed by atoms with van der Waals surface area (Å²) in [5, 5.41) is 12.4. The molecule has 0 aliphatic heterocycles. The largest absolute Gasteiger partial charge is 0.481 e. The van der Waals surface area contributed by atoms with Crippen molar-refractivity contribution in [1.82, 2.24) is 5.43 Å². The number of nitriles is 1. The Morgan fingerprint density at radius 1 is 1.32 bits per heavy atom. The standard InChI is InChI=1S/C18H16BrN3O3/c1-13(25-17-4-2-3-15(19)11-17)18(23)22-21-12-14-5-7-16(8-6-14)24-10-9-20/h2-8,11-13H,10H2,1H3,(H,22,23)/b21-12-/t13-/m0/s1. The zero-order chi connectivity index (χ0) is 18.1. The van der Waals surface area contributed by atoms with Gasteiger partial charge < -0.3 is 9.47 Å². The van der Waals surface area contributed by atoms with Gasteiger partial charge in [-0.15, -0.1) is 0 Å². The first kappa shape index (κ1) is 18.5. The maximum atomic E-state index is 12.0. The van der Waals surface area contributed by atoms with Crippen molar-refractivity contribution in [1.29, 1.82) is 5.26 Å². The Hall–Kier alpha value is -2.85. The van der Waals surface area contributed by atoms with Gasteiger partial charge in [0.1, 0.15) is 17.6 Å². The van der Waals surface area contributed by atoms with Gasteiger partial charge in [0.15, 0.2) is 12.7 Å². The molecule has 0 aliphatic rings. The molecule has 0 spiro atoms. The number of halogens is 1. The average molecular weight is 402 g/mol. The van der Waals surface area contributed by atoms with Crippen LogP contribution in [0, 0.1) is 11.3 Å². The van der Waals surface area contributed by atoms with Crippen molar-refractivity contribution in [3.8, 4) is 17.6 Å². The van der Waals surface area contributed by atoms with Gasteiger partial charge in [0.05, 0.1) is 6.21 Å². The molecule has 25 heavy (non-hydrogen) atoms. The Kier molecular flexibility index (Phi) is 6.99. The lowest BCUT2D eigenvalue weighted by atomic mass is 10.2. The molecule has 2 rings (SSSR count).